The molecule has 2 amide bonds. The number of amides is 2. The number of benzene rings is 2. The maximum atomic E-state index is 12.8. The number of nitrogens with one attached hydrogen (secondary N) is 1. The van der Waals surface area contributed by atoms with Gasteiger partial charge >= 0.3 is 6.36 Å². The van der Waals surface area contributed by atoms with E-state index in [2.05, 4.69) is 15.0 Å². The fourth-order valence-electron chi connectivity index (χ4n) is 3.93. The van der Waals surface area contributed by atoms with Gasteiger partial charge in [-0.05, 0) is 49.2 Å². The van der Waals surface area contributed by atoms with Crippen LogP contribution in [0.1, 0.15) is 53.0 Å². The second kappa shape index (κ2) is 14.2. The zero-order chi connectivity index (χ0) is 29.1. The number of pyridine rings is 1. The van der Waals surface area contributed by atoms with Crippen molar-refractivity contribution in [3.63, 3.8) is 0 Å². The minimum atomic E-state index is -4.86. The fraction of sp³-hybridized carbons (Fsp3) is 0.321. The Labute approximate surface area is 229 Å². The SMILES string of the molecule is COC1CCCCC1.COc1cc(OC(F)(F)F)ccc1Oc1ccccc1C(=O)Nc1ccnc(C(N)=O)c1. The molecule has 3 N–H and O–H groups in total. The van der Waals surface area contributed by atoms with E-state index >= 15 is 0 Å². The number of hydrogen-bond acceptors (Lipinski definition) is 7. The van der Waals surface area contributed by atoms with E-state index in [1.165, 1.54) is 75.7 Å². The maximum absolute atomic E-state index is 12.8. The van der Waals surface area contributed by atoms with Crippen LogP contribution in [0.5, 0.6) is 23.0 Å². The van der Waals surface area contributed by atoms with E-state index in [1.54, 1.807) is 12.1 Å². The number of ether oxygens (including phenoxy) is 4. The molecular formula is C28H30F3N3O6. The van der Waals surface area contributed by atoms with Gasteiger partial charge in [0.25, 0.3) is 11.8 Å². The van der Waals surface area contributed by atoms with Crippen LogP contribution in [0.3, 0.4) is 0 Å². The first-order valence-corrected chi connectivity index (χ1v) is 12.4. The van der Waals surface area contributed by atoms with E-state index in [0.29, 0.717) is 6.10 Å². The monoisotopic (exact) mass is 561 g/mol. The number of alkyl halides is 3. The van der Waals surface area contributed by atoms with Gasteiger partial charge in [0.2, 0.25) is 0 Å². The molecule has 3 aromatic rings. The zero-order valence-electron chi connectivity index (χ0n) is 22.0. The molecule has 0 atom stereocenters. The van der Waals surface area contributed by atoms with Gasteiger partial charge in [0.05, 0.1) is 18.8 Å². The zero-order valence-corrected chi connectivity index (χ0v) is 22.0. The second-order valence-electron chi connectivity index (χ2n) is 8.70. The third-order valence-corrected chi connectivity index (χ3v) is 5.88. The summed E-state index contributed by atoms with van der Waals surface area (Å²) >= 11 is 0. The summed E-state index contributed by atoms with van der Waals surface area (Å²) < 4.78 is 57.2. The van der Waals surface area contributed by atoms with Gasteiger partial charge in [-0.25, -0.2) is 0 Å². The minimum absolute atomic E-state index is 0.0294. The Morgan fingerprint density at radius 3 is 2.30 bits per heavy atom. The van der Waals surface area contributed by atoms with Crippen LogP contribution in [0.2, 0.25) is 0 Å². The number of methoxy groups -OCH3 is 2. The summed E-state index contributed by atoms with van der Waals surface area (Å²) in [6.07, 6.45) is 3.78. The molecule has 1 aromatic heterocycles. The van der Waals surface area contributed by atoms with Crippen LogP contribution in [0.25, 0.3) is 0 Å². The number of rotatable bonds is 8. The Kier molecular flexibility index (Phi) is 10.7. The molecule has 0 unspecified atom stereocenters. The molecule has 4 rings (SSSR count). The Morgan fingerprint density at radius 1 is 0.950 bits per heavy atom. The molecule has 0 saturated heterocycles. The highest BCUT2D eigenvalue weighted by Crippen LogP contribution is 2.37. The van der Waals surface area contributed by atoms with Crippen LogP contribution < -0.4 is 25.3 Å². The summed E-state index contributed by atoms with van der Waals surface area (Å²) in [5.74, 6) is -1.69. The third-order valence-electron chi connectivity index (χ3n) is 5.88. The van der Waals surface area contributed by atoms with Crippen molar-refractivity contribution in [2.24, 2.45) is 5.73 Å². The molecule has 2 aromatic carbocycles. The van der Waals surface area contributed by atoms with E-state index in [9.17, 15) is 22.8 Å². The predicted octanol–water partition coefficient (Wildman–Crippen LogP) is 6.10. The number of aromatic nitrogens is 1. The van der Waals surface area contributed by atoms with Gasteiger partial charge in [0, 0.05) is 25.1 Å². The lowest BCUT2D eigenvalue weighted by atomic mass is 9.98. The van der Waals surface area contributed by atoms with Crippen molar-refractivity contribution in [3.8, 4) is 23.0 Å². The summed E-state index contributed by atoms with van der Waals surface area (Å²) in [7, 11) is 3.06. The lowest BCUT2D eigenvalue weighted by Crippen LogP contribution is -2.17. The number of nitrogens with zero attached hydrogens (tertiary/aromatic N) is 1. The van der Waals surface area contributed by atoms with Gasteiger partial charge in [-0.1, -0.05) is 31.4 Å². The van der Waals surface area contributed by atoms with Crippen LogP contribution in [0, 0.1) is 0 Å². The fourth-order valence-corrected chi connectivity index (χ4v) is 3.93. The molecule has 0 bridgehead atoms. The predicted molar refractivity (Wildman–Crippen MR) is 141 cm³/mol. The Bertz CT molecular complexity index is 1300. The van der Waals surface area contributed by atoms with Crippen molar-refractivity contribution < 1.29 is 41.7 Å². The van der Waals surface area contributed by atoms with E-state index in [-0.39, 0.29) is 34.2 Å². The lowest BCUT2D eigenvalue weighted by Gasteiger charge is -2.19. The first kappa shape index (κ1) is 30.2. The molecule has 0 aliphatic heterocycles. The van der Waals surface area contributed by atoms with E-state index in [1.807, 2.05) is 7.11 Å². The standard InChI is InChI=1S/C21H16F3N3O5.C7H14O/c1-30-18-11-13(32-21(22,23)24)6-7-17(18)31-16-5-3-2-4-14(16)20(29)27-12-8-9-26-15(10-12)19(25)28;1-8-7-5-3-2-4-6-7/h2-11H,1H3,(H2,25,28)(H,26,27,29);7H,2-6H2,1H3. The molecule has 0 spiro atoms. The van der Waals surface area contributed by atoms with Crippen molar-refractivity contribution in [2.45, 2.75) is 44.6 Å². The van der Waals surface area contributed by atoms with E-state index < -0.39 is 23.9 Å². The largest absolute Gasteiger partial charge is 0.573 e. The van der Waals surface area contributed by atoms with Gasteiger partial charge in [-0.2, -0.15) is 0 Å². The molecule has 1 heterocycles. The smallest absolute Gasteiger partial charge is 0.493 e. The van der Waals surface area contributed by atoms with Crippen LogP contribution >= 0.6 is 0 Å². The molecule has 214 valence electrons. The third kappa shape index (κ3) is 9.16. The molecule has 0 radical (unpaired) electrons. The summed E-state index contributed by atoms with van der Waals surface area (Å²) in [5.41, 5.74) is 5.55. The highest BCUT2D eigenvalue weighted by Gasteiger charge is 2.31. The number of carbonyl (C=O) groups is 2. The molecule has 1 aliphatic rings. The summed E-state index contributed by atoms with van der Waals surface area (Å²) in [6, 6.07) is 12.2. The normalized spacial score (nSPS) is 13.4. The summed E-state index contributed by atoms with van der Waals surface area (Å²) in [5, 5.41) is 2.60. The summed E-state index contributed by atoms with van der Waals surface area (Å²) in [4.78, 5) is 27.8. The number of carbonyl (C=O) groups excluding carboxylic acids is 2. The van der Waals surface area contributed by atoms with Gasteiger partial charge < -0.3 is 30.0 Å². The second-order valence-corrected chi connectivity index (χ2v) is 8.70. The van der Waals surface area contributed by atoms with Crippen LogP contribution in [-0.2, 0) is 4.74 Å². The lowest BCUT2D eigenvalue weighted by molar-refractivity contribution is -0.274. The number of hydrogen-bond donors (Lipinski definition) is 2. The highest BCUT2D eigenvalue weighted by molar-refractivity contribution is 6.06. The molecule has 40 heavy (non-hydrogen) atoms. The topological polar surface area (TPSA) is 122 Å². The number of halogens is 3. The van der Waals surface area contributed by atoms with Crippen LogP contribution in [0.15, 0.2) is 60.8 Å². The average molecular weight is 562 g/mol. The van der Waals surface area contributed by atoms with Crippen LogP contribution in [0.4, 0.5) is 18.9 Å². The average Bonchev–Trinajstić information content (AvgIpc) is 2.94. The number of nitrogens with two attached hydrogens (primary N) is 1. The van der Waals surface area contributed by atoms with Gasteiger partial charge in [0.1, 0.15) is 17.2 Å². The Hall–Kier alpha value is -4.32. The van der Waals surface area contributed by atoms with Gasteiger partial charge in [-0.15, -0.1) is 13.2 Å². The highest BCUT2D eigenvalue weighted by atomic mass is 19.4. The first-order chi connectivity index (χ1) is 19.1. The molecule has 1 saturated carbocycles. The molecular weight excluding hydrogens is 531 g/mol. The molecule has 12 heteroatoms. The van der Waals surface area contributed by atoms with Crippen molar-refractivity contribution in [1.29, 1.82) is 0 Å². The van der Waals surface area contributed by atoms with Crippen molar-refractivity contribution >= 4 is 17.5 Å². The maximum Gasteiger partial charge on any atom is 0.573 e. The van der Waals surface area contributed by atoms with Crippen LogP contribution in [-0.4, -0.2) is 43.5 Å². The van der Waals surface area contributed by atoms with E-state index in [4.69, 9.17) is 19.9 Å². The Morgan fingerprint density at radius 2 is 1.68 bits per heavy atom. The van der Waals surface area contributed by atoms with Crippen molar-refractivity contribution in [1.82, 2.24) is 4.98 Å². The minimum Gasteiger partial charge on any atom is -0.493 e. The number of para-hydroxylation sites is 1. The van der Waals surface area contributed by atoms with Gasteiger partial charge in [-0.3, -0.25) is 14.6 Å². The number of primary amides is 1. The van der Waals surface area contributed by atoms with Crippen molar-refractivity contribution in [2.75, 3.05) is 19.5 Å². The number of anilines is 1. The molecule has 1 aliphatic carbocycles. The van der Waals surface area contributed by atoms with Crippen molar-refractivity contribution in [3.05, 3.63) is 72.1 Å². The Balaban J connectivity index is 0.000000472. The molecule has 1 fully saturated rings. The van der Waals surface area contributed by atoms with E-state index in [0.717, 1.165) is 12.1 Å². The summed E-state index contributed by atoms with van der Waals surface area (Å²) in [6.45, 7) is 0. The molecule has 9 nitrogen and oxygen atoms in total. The van der Waals surface area contributed by atoms with Gasteiger partial charge in [0.15, 0.2) is 11.5 Å². The first-order valence-electron chi connectivity index (χ1n) is 12.4. The quantitative estimate of drug-likeness (QED) is 0.341.